The zero-order valence-corrected chi connectivity index (χ0v) is 12.8. The highest BCUT2D eigenvalue weighted by Gasteiger charge is 2.38. The number of amides is 2. The van der Waals surface area contributed by atoms with E-state index in [0.717, 1.165) is 5.56 Å². The summed E-state index contributed by atoms with van der Waals surface area (Å²) in [6, 6.07) is 9.49. The number of carbonyl (C=O) groups is 2. The molecule has 23 heavy (non-hydrogen) atoms. The summed E-state index contributed by atoms with van der Waals surface area (Å²) < 4.78 is 0. The maximum atomic E-state index is 12.3. The number of rotatable bonds is 7. The highest BCUT2D eigenvalue weighted by Crippen LogP contribution is 2.21. The van der Waals surface area contributed by atoms with Crippen LogP contribution in [0.15, 0.2) is 30.3 Å². The van der Waals surface area contributed by atoms with Gasteiger partial charge in [0.15, 0.2) is 0 Å². The van der Waals surface area contributed by atoms with Crippen LogP contribution >= 0.6 is 0 Å². The fraction of sp³-hybridized carbons (Fsp3) is 0.500. The van der Waals surface area contributed by atoms with Crippen LogP contribution < -0.4 is 5.32 Å². The Hall–Kier alpha value is -1.96. The molecule has 4 N–H and O–H groups in total. The SMILES string of the molecule is O=C(NC(CO)(CO)CO)C1CC(=O)N(Cc2ccccc2)C1. The fourth-order valence-corrected chi connectivity index (χ4v) is 2.54. The molecule has 0 aliphatic carbocycles. The van der Waals surface area contributed by atoms with Gasteiger partial charge in [-0.1, -0.05) is 30.3 Å². The minimum Gasteiger partial charge on any atom is -0.394 e. The van der Waals surface area contributed by atoms with Crippen molar-refractivity contribution in [2.24, 2.45) is 5.92 Å². The maximum Gasteiger partial charge on any atom is 0.226 e. The molecule has 2 rings (SSSR count). The number of aliphatic hydroxyl groups is 3. The molecule has 1 aromatic rings. The Bertz CT molecular complexity index is 536. The van der Waals surface area contributed by atoms with Crippen molar-refractivity contribution >= 4 is 11.8 Å². The van der Waals surface area contributed by atoms with Gasteiger partial charge in [0.05, 0.1) is 25.7 Å². The van der Waals surface area contributed by atoms with E-state index < -0.39 is 37.2 Å². The van der Waals surface area contributed by atoms with E-state index in [1.807, 2.05) is 30.3 Å². The van der Waals surface area contributed by atoms with Crippen LogP contribution in [0.5, 0.6) is 0 Å². The van der Waals surface area contributed by atoms with Crippen molar-refractivity contribution in [1.29, 1.82) is 0 Å². The number of hydrogen-bond donors (Lipinski definition) is 4. The highest BCUT2D eigenvalue weighted by atomic mass is 16.3. The lowest BCUT2D eigenvalue weighted by Crippen LogP contribution is -2.58. The van der Waals surface area contributed by atoms with Gasteiger partial charge in [-0.3, -0.25) is 9.59 Å². The predicted octanol–water partition coefficient (Wildman–Crippen LogP) is -1.13. The van der Waals surface area contributed by atoms with Gasteiger partial charge in [-0.25, -0.2) is 0 Å². The van der Waals surface area contributed by atoms with Crippen LogP contribution in [0.25, 0.3) is 0 Å². The van der Waals surface area contributed by atoms with Crippen LogP contribution in [0.2, 0.25) is 0 Å². The first-order valence-corrected chi connectivity index (χ1v) is 7.50. The molecule has 0 saturated carbocycles. The normalized spacial score (nSPS) is 18.3. The summed E-state index contributed by atoms with van der Waals surface area (Å²) in [7, 11) is 0. The Kier molecular flexibility index (Phi) is 5.70. The van der Waals surface area contributed by atoms with E-state index in [-0.39, 0.29) is 18.9 Å². The van der Waals surface area contributed by atoms with Gasteiger partial charge in [-0.05, 0) is 5.56 Å². The van der Waals surface area contributed by atoms with E-state index >= 15 is 0 Å². The molecule has 126 valence electrons. The molecule has 1 aromatic carbocycles. The van der Waals surface area contributed by atoms with Gasteiger partial charge in [0, 0.05) is 19.5 Å². The Labute approximate surface area is 134 Å². The molecular formula is C16H22N2O5. The van der Waals surface area contributed by atoms with Crippen LogP contribution in [0.3, 0.4) is 0 Å². The zero-order chi connectivity index (χ0) is 16.9. The number of hydrogen-bond acceptors (Lipinski definition) is 5. The molecule has 1 unspecified atom stereocenters. The minimum atomic E-state index is -1.47. The Morgan fingerprint density at radius 3 is 2.35 bits per heavy atom. The van der Waals surface area contributed by atoms with Gasteiger partial charge in [-0.2, -0.15) is 0 Å². The molecule has 7 nitrogen and oxygen atoms in total. The van der Waals surface area contributed by atoms with Crippen molar-refractivity contribution < 1.29 is 24.9 Å². The minimum absolute atomic E-state index is 0.0804. The smallest absolute Gasteiger partial charge is 0.226 e. The van der Waals surface area contributed by atoms with E-state index in [2.05, 4.69) is 5.32 Å². The van der Waals surface area contributed by atoms with Crippen LogP contribution in [0.1, 0.15) is 12.0 Å². The third kappa shape index (κ3) is 4.07. The summed E-state index contributed by atoms with van der Waals surface area (Å²) in [6.45, 7) is -1.03. The standard InChI is InChI=1S/C16H22N2O5/c19-9-16(10-20,11-21)17-15(23)13-6-14(22)18(8-13)7-12-4-2-1-3-5-12/h1-5,13,19-21H,6-11H2,(H,17,23). The van der Waals surface area contributed by atoms with Crippen molar-refractivity contribution in [1.82, 2.24) is 10.2 Å². The topological polar surface area (TPSA) is 110 Å². The second kappa shape index (κ2) is 7.54. The average Bonchev–Trinajstić information content (AvgIpc) is 2.94. The molecule has 1 atom stereocenters. The second-order valence-electron chi connectivity index (χ2n) is 5.90. The van der Waals surface area contributed by atoms with Gasteiger partial charge < -0.3 is 25.5 Å². The zero-order valence-electron chi connectivity index (χ0n) is 12.8. The molecule has 1 aliphatic heterocycles. The summed E-state index contributed by atoms with van der Waals surface area (Å²) in [5, 5.41) is 30.2. The number of nitrogens with zero attached hydrogens (tertiary/aromatic N) is 1. The van der Waals surface area contributed by atoms with E-state index in [0.29, 0.717) is 6.54 Å². The number of carbonyl (C=O) groups excluding carboxylic acids is 2. The lowest BCUT2D eigenvalue weighted by Gasteiger charge is -2.29. The van der Waals surface area contributed by atoms with Crippen molar-refractivity contribution in [2.75, 3.05) is 26.4 Å². The number of benzene rings is 1. The van der Waals surface area contributed by atoms with Crippen molar-refractivity contribution in [3.8, 4) is 0 Å². The van der Waals surface area contributed by atoms with Gasteiger partial charge in [0.1, 0.15) is 5.54 Å². The second-order valence-corrected chi connectivity index (χ2v) is 5.90. The highest BCUT2D eigenvalue weighted by molar-refractivity contribution is 5.89. The van der Waals surface area contributed by atoms with E-state index in [1.54, 1.807) is 4.90 Å². The third-order valence-electron chi connectivity index (χ3n) is 4.10. The predicted molar refractivity (Wildman–Crippen MR) is 82.1 cm³/mol. The monoisotopic (exact) mass is 322 g/mol. The van der Waals surface area contributed by atoms with Crippen LogP contribution in [0, 0.1) is 5.92 Å². The molecule has 0 bridgehead atoms. The molecule has 7 heteroatoms. The Morgan fingerprint density at radius 2 is 1.78 bits per heavy atom. The molecule has 1 aliphatic rings. The van der Waals surface area contributed by atoms with Gasteiger partial charge in [0.25, 0.3) is 0 Å². The van der Waals surface area contributed by atoms with Crippen molar-refractivity contribution in [3.05, 3.63) is 35.9 Å². The summed E-state index contributed by atoms with van der Waals surface area (Å²) in [5.74, 6) is -1.13. The van der Waals surface area contributed by atoms with Gasteiger partial charge >= 0.3 is 0 Å². The van der Waals surface area contributed by atoms with Crippen LogP contribution in [-0.4, -0.2) is 63.9 Å². The number of nitrogens with one attached hydrogen (secondary N) is 1. The maximum absolute atomic E-state index is 12.3. The van der Waals surface area contributed by atoms with Gasteiger partial charge in [-0.15, -0.1) is 0 Å². The Morgan fingerprint density at radius 1 is 1.17 bits per heavy atom. The summed E-state index contributed by atoms with van der Waals surface area (Å²) in [4.78, 5) is 25.9. The molecule has 1 fully saturated rings. The molecule has 1 heterocycles. The first kappa shape index (κ1) is 17.4. The molecule has 0 radical (unpaired) electrons. The average molecular weight is 322 g/mol. The van der Waals surface area contributed by atoms with E-state index in [9.17, 15) is 24.9 Å². The molecule has 0 spiro atoms. The number of likely N-dealkylation sites (tertiary alicyclic amines) is 1. The molecule has 0 aromatic heterocycles. The Balaban J connectivity index is 1.97. The van der Waals surface area contributed by atoms with Crippen LogP contribution in [-0.2, 0) is 16.1 Å². The van der Waals surface area contributed by atoms with E-state index in [1.165, 1.54) is 0 Å². The van der Waals surface area contributed by atoms with Crippen molar-refractivity contribution in [3.63, 3.8) is 0 Å². The molecule has 1 saturated heterocycles. The first-order valence-electron chi connectivity index (χ1n) is 7.50. The largest absolute Gasteiger partial charge is 0.394 e. The molecule has 2 amide bonds. The lowest BCUT2D eigenvalue weighted by atomic mass is 10.0. The quantitative estimate of drug-likeness (QED) is 0.508. The van der Waals surface area contributed by atoms with Crippen LogP contribution in [0.4, 0.5) is 0 Å². The summed E-state index contributed by atoms with van der Waals surface area (Å²) in [5.41, 5.74) is -0.482. The fourth-order valence-electron chi connectivity index (χ4n) is 2.54. The van der Waals surface area contributed by atoms with E-state index in [4.69, 9.17) is 0 Å². The summed E-state index contributed by atoms with van der Waals surface area (Å²) in [6.07, 6.45) is 0.0804. The summed E-state index contributed by atoms with van der Waals surface area (Å²) >= 11 is 0. The van der Waals surface area contributed by atoms with Gasteiger partial charge in [0.2, 0.25) is 11.8 Å². The third-order valence-corrected chi connectivity index (χ3v) is 4.10. The lowest BCUT2D eigenvalue weighted by molar-refractivity contribution is -0.130. The first-order chi connectivity index (χ1) is 11.0. The number of aliphatic hydroxyl groups excluding tert-OH is 3. The molecular weight excluding hydrogens is 300 g/mol. The van der Waals surface area contributed by atoms with Crippen molar-refractivity contribution in [2.45, 2.75) is 18.5 Å².